The summed E-state index contributed by atoms with van der Waals surface area (Å²) in [5, 5.41) is 7.71. The van der Waals surface area contributed by atoms with Crippen LogP contribution in [-0.4, -0.2) is 47.8 Å². The van der Waals surface area contributed by atoms with E-state index in [0.717, 1.165) is 16.6 Å². The highest BCUT2D eigenvalue weighted by Crippen LogP contribution is 2.11. The lowest BCUT2D eigenvalue weighted by atomic mass is 10.3. The summed E-state index contributed by atoms with van der Waals surface area (Å²) in [4.78, 5) is 43.2. The van der Waals surface area contributed by atoms with E-state index in [2.05, 4.69) is 20.6 Å². The first kappa shape index (κ1) is 20.1. The molecule has 0 saturated heterocycles. The van der Waals surface area contributed by atoms with Crippen LogP contribution in [0.5, 0.6) is 0 Å². The first-order chi connectivity index (χ1) is 12.6. The van der Waals surface area contributed by atoms with E-state index in [1.807, 2.05) is 17.5 Å². The summed E-state index contributed by atoms with van der Waals surface area (Å²) in [5.74, 6) is -0.292. The van der Waals surface area contributed by atoms with Gasteiger partial charge in [0, 0.05) is 24.6 Å². The third-order valence-corrected chi connectivity index (χ3v) is 4.87. The molecule has 2 heterocycles. The van der Waals surface area contributed by atoms with Crippen LogP contribution >= 0.6 is 23.1 Å². The van der Waals surface area contributed by atoms with Gasteiger partial charge < -0.3 is 20.4 Å². The Morgan fingerprint density at radius 2 is 2.19 bits per heavy atom. The number of rotatable bonds is 10. The van der Waals surface area contributed by atoms with Crippen LogP contribution in [-0.2, 0) is 27.3 Å². The summed E-state index contributed by atoms with van der Waals surface area (Å²) in [7, 11) is 1.55. The number of carbonyl (C=O) groups is 2. The quantitative estimate of drug-likeness (QED) is 0.307. The molecule has 0 aliphatic carbocycles. The highest BCUT2D eigenvalue weighted by molar-refractivity contribution is 7.99. The van der Waals surface area contributed by atoms with Crippen molar-refractivity contribution in [2.75, 3.05) is 26.0 Å². The molecule has 0 bridgehead atoms. The van der Waals surface area contributed by atoms with Crippen molar-refractivity contribution in [3.05, 3.63) is 44.5 Å². The van der Waals surface area contributed by atoms with Crippen LogP contribution in [0.1, 0.15) is 10.6 Å². The molecule has 140 valence electrons. The molecule has 0 aliphatic heterocycles. The zero-order chi connectivity index (χ0) is 18.8. The SMILES string of the molecule is COCCNC(=O)CSc1nc(CC(=O)NCc2cccs2)cc(=O)[nH]1. The molecule has 0 aliphatic rings. The molecule has 8 nitrogen and oxygen atoms in total. The van der Waals surface area contributed by atoms with Crippen molar-refractivity contribution in [3.63, 3.8) is 0 Å². The van der Waals surface area contributed by atoms with E-state index >= 15 is 0 Å². The number of ether oxygens (including phenoxy) is 1. The van der Waals surface area contributed by atoms with Crippen molar-refractivity contribution < 1.29 is 14.3 Å². The largest absolute Gasteiger partial charge is 0.383 e. The summed E-state index contributed by atoms with van der Waals surface area (Å²) in [6.45, 7) is 1.30. The van der Waals surface area contributed by atoms with E-state index in [0.29, 0.717) is 30.5 Å². The lowest BCUT2D eigenvalue weighted by molar-refractivity contribution is -0.121. The number of aromatic amines is 1. The first-order valence-electron chi connectivity index (χ1n) is 7.84. The minimum Gasteiger partial charge on any atom is -0.383 e. The van der Waals surface area contributed by atoms with E-state index in [4.69, 9.17) is 4.74 Å². The predicted molar refractivity (Wildman–Crippen MR) is 100 cm³/mol. The van der Waals surface area contributed by atoms with Crippen LogP contribution in [0.25, 0.3) is 0 Å². The number of hydrogen-bond donors (Lipinski definition) is 3. The van der Waals surface area contributed by atoms with Crippen molar-refractivity contribution in [2.45, 2.75) is 18.1 Å². The monoisotopic (exact) mass is 396 g/mol. The molecule has 0 saturated carbocycles. The Balaban J connectivity index is 1.84. The third kappa shape index (κ3) is 7.38. The number of thioether (sulfide) groups is 1. The summed E-state index contributed by atoms with van der Waals surface area (Å²) in [6.07, 6.45) is 0.00287. The molecule has 0 fully saturated rings. The summed E-state index contributed by atoms with van der Waals surface area (Å²) >= 11 is 2.66. The first-order valence-corrected chi connectivity index (χ1v) is 9.71. The Morgan fingerprint density at radius 1 is 1.35 bits per heavy atom. The molecule has 10 heteroatoms. The molecule has 2 rings (SSSR count). The predicted octanol–water partition coefficient (Wildman–Crippen LogP) is 0.545. The number of nitrogens with one attached hydrogen (secondary N) is 3. The van der Waals surface area contributed by atoms with Gasteiger partial charge in [0.05, 0.1) is 31.0 Å². The number of aromatic nitrogens is 2. The summed E-state index contributed by atoms with van der Waals surface area (Å²) < 4.78 is 4.85. The lowest BCUT2D eigenvalue weighted by Gasteiger charge is -2.06. The molecular formula is C16H20N4O4S2. The minimum absolute atomic E-state index is 0.00287. The summed E-state index contributed by atoms with van der Waals surface area (Å²) in [5.41, 5.74) is 0.00284. The second-order valence-corrected chi connectivity index (χ2v) is 7.20. The Morgan fingerprint density at radius 3 is 2.92 bits per heavy atom. The average Bonchev–Trinajstić information content (AvgIpc) is 3.11. The van der Waals surface area contributed by atoms with Crippen molar-refractivity contribution in [3.8, 4) is 0 Å². The van der Waals surface area contributed by atoms with E-state index in [1.54, 1.807) is 18.4 Å². The molecule has 2 aromatic heterocycles. The topological polar surface area (TPSA) is 113 Å². The molecule has 0 aromatic carbocycles. The normalized spacial score (nSPS) is 10.5. The Labute approximate surface area is 158 Å². The van der Waals surface area contributed by atoms with Gasteiger partial charge in [-0.3, -0.25) is 14.4 Å². The van der Waals surface area contributed by atoms with E-state index in [9.17, 15) is 14.4 Å². The van der Waals surface area contributed by atoms with Crippen molar-refractivity contribution >= 4 is 34.9 Å². The van der Waals surface area contributed by atoms with Gasteiger partial charge in [-0.15, -0.1) is 11.3 Å². The number of methoxy groups -OCH3 is 1. The molecule has 2 aromatic rings. The lowest BCUT2D eigenvalue weighted by Crippen LogP contribution is -2.28. The number of amides is 2. The number of nitrogens with zero attached hydrogens (tertiary/aromatic N) is 1. The maximum Gasteiger partial charge on any atom is 0.251 e. The zero-order valence-corrected chi connectivity index (χ0v) is 15.9. The van der Waals surface area contributed by atoms with Gasteiger partial charge in [-0.05, 0) is 11.4 Å². The molecule has 3 N–H and O–H groups in total. The van der Waals surface area contributed by atoms with Gasteiger partial charge in [0.2, 0.25) is 11.8 Å². The average molecular weight is 396 g/mol. The maximum absolute atomic E-state index is 12.0. The van der Waals surface area contributed by atoms with Crippen LogP contribution in [0.15, 0.2) is 33.5 Å². The summed E-state index contributed by atoms with van der Waals surface area (Å²) in [6, 6.07) is 5.13. The zero-order valence-electron chi connectivity index (χ0n) is 14.2. The van der Waals surface area contributed by atoms with Crippen LogP contribution < -0.4 is 16.2 Å². The minimum atomic E-state index is -0.358. The van der Waals surface area contributed by atoms with Gasteiger partial charge in [-0.1, -0.05) is 17.8 Å². The Kier molecular flexibility index (Phi) is 8.32. The fourth-order valence-electron chi connectivity index (χ4n) is 1.95. The number of thiophene rings is 1. The third-order valence-electron chi connectivity index (χ3n) is 3.12. The fourth-order valence-corrected chi connectivity index (χ4v) is 3.31. The van der Waals surface area contributed by atoms with Gasteiger partial charge in [0.1, 0.15) is 0 Å². The second-order valence-electron chi connectivity index (χ2n) is 5.21. The Bertz CT molecular complexity index is 777. The molecule has 0 radical (unpaired) electrons. The van der Waals surface area contributed by atoms with Gasteiger partial charge in [-0.2, -0.15) is 0 Å². The highest BCUT2D eigenvalue weighted by Gasteiger charge is 2.09. The second kappa shape index (κ2) is 10.7. The van der Waals surface area contributed by atoms with Crippen molar-refractivity contribution in [2.24, 2.45) is 0 Å². The number of hydrogen-bond acceptors (Lipinski definition) is 7. The smallest absolute Gasteiger partial charge is 0.251 e. The number of carbonyl (C=O) groups excluding carboxylic acids is 2. The molecule has 2 amide bonds. The maximum atomic E-state index is 12.0. The van der Waals surface area contributed by atoms with E-state index in [-0.39, 0.29) is 29.5 Å². The van der Waals surface area contributed by atoms with Gasteiger partial charge in [0.25, 0.3) is 5.56 Å². The Hall–Kier alpha value is -2.17. The fraction of sp³-hybridized carbons (Fsp3) is 0.375. The van der Waals surface area contributed by atoms with Gasteiger partial charge in [0.15, 0.2) is 5.16 Å². The van der Waals surface area contributed by atoms with Gasteiger partial charge >= 0.3 is 0 Å². The van der Waals surface area contributed by atoms with Crippen LogP contribution in [0.3, 0.4) is 0 Å². The van der Waals surface area contributed by atoms with Gasteiger partial charge in [-0.25, -0.2) is 4.98 Å². The molecule has 0 atom stereocenters. The van der Waals surface area contributed by atoms with Crippen molar-refractivity contribution in [1.82, 2.24) is 20.6 Å². The molecule has 0 spiro atoms. The van der Waals surface area contributed by atoms with E-state index in [1.165, 1.54) is 6.07 Å². The molecule has 26 heavy (non-hydrogen) atoms. The van der Waals surface area contributed by atoms with E-state index < -0.39 is 0 Å². The van der Waals surface area contributed by atoms with Crippen LogP contribution in [0.2, 0.25) is 0 Å². The number of H-pyrrole nitrogens is 1. The van der Waals surface area contributed by atoms with Crippen LogP contribution in [0.4, 0.5) is 0 Å². The molecular weight excluding hydrogens is 376 g/mol. The molecule has 0 unspecified atom stereocenters. The highest BCUT2D eigenvalue weighted by atomic mass is 32.2. The standard InChI is InChI=1S/C16H20N4O4S2/c1-24-5-4-17-15(23)10-26-16-19-11(8-14(22)20-16)7-13(21)18-9-12-3-2-6-25-12/h2-3,6,8H,4-5,7,9-10H2,1H3,(H,17,23)(H,18,21)(H,19,20,22). The van der Waals surface area contributed by atoms with Crippen molar-refractivity contribution in [1.29, 1.82) is 0 Å². The van der Waals surface area contributed by atoms with Crippen LogP contribution in [0, 0.1) is 0 Å².